The van der Waals surface area contributed by atoms with Crippen LogP contribution in [0.25, 0.3) is 0 Å². The van der Waals surface area contributed by atoms with Crippen molar-refractivity contribution in [3.05, 3.63) is 110 Å². The third kappa shape index (κ3) is 8.97. The van der Waals surface area contributed by atoms with Crippen molar-refractivity contribution in [1.29, 1.82) is 0 Å². The zero-order chi connectivity index (χ0) is 33.0. The minimum absolute atomic E-state index is 0.107. The number of nitrogens with zero attached hydrogens (tertiary/aromatic N) is 2. The zero-order valence-corrected chi connectivity index (χ0v) is 27.3. The number of aliphatic hydroxyl groups is 1. The first-order chi connectivity index (χ1) is 21.4. The van der Waals surface area contributed by atoms with E-state index in [0.29, 0.717) is 0 Å². The lowest BCUT2D eigenvalue weighted by atomic mass is 10.2. The topological polar surface area (TPSA) is 132 Å². The van der Waals surface area contributed by atoms with Crippen LogP contribution >= 0.6 is 0 Å². The van der Waals surface area contributed by atoms with Crippen LogP contribution < -0.4 is 21.0 Å². The van der Waals surface area contributed by atoms with E-state index >= 15 is 0 Å². The van der Waals surface area contributed by atoms with Gasteiger partial charge in [0.15, 0.2) is 11.6 Å². The molecule has 0 aliphatic carbocycles. The molecular formula is C34H42N4O6Si. The molecular weight excluding hydrogens is 588 g/mol. The number of Topliss-reactive ketones (excluding diaryl/α,β-unsaturated/α-hetero) is 2. The lowest BCUT2D eigenvalue weighted by Gasteiger charge is -2.43. The average molecular weight is 631 g/mol. The van der Waals surface area contributed by atoms with E-state index in [9.17, 15) is 19.2 Å². The van der Waals surface area contributed by atoms with Crippen molar-refractivity contribution in [3.8, 4) is 0 Å². The van der Waals surface area contributed by atoms with Crippen molar-refractivity contribution in [3.63, 3.8) is 0 Å². The third-order valence-corrected chi connectivity index (χ3v) is 12.3. The van der Waals surface area contributed by atoms with Gasteiger partial charge in [-0.3, -0.25) is 18.7 Å². The van der Waals surface area contributed by atoms with E-state index in [0.717, 1.165) is 10.4 Å². The maximum Gasteiger partial charge on any atom is 0.326 e. The summed E-state index contributed by atoms with van der Waals surface area (Å²) in [7, 11) is -2.79. The van der Waals surface area contributed by atoms with Crippen LogP contribution in [0.4, 0.5) is 9.59 Å². The van der Waals surface area contributed by atoms with E-state index in [4.69, 9.17) is 9.53 Å². The van der Waals surface area contributed by atoms with Crippen molar-refractivity contribution in [2.45, 2.75) is 51.7 Å². The number of benzene rings is 2. The summed E-state index contributed by atoms with van der Waals surface area (Å²) in [5.41, 5.74) is 0. The van der Waals surface area contributed by atoms with Crippen molar-refractivity contribution in [2.75, 3.05) is 13.2 Å². The molecule has 2 heterocycles. The van der Waals surface area contributed by atoms with E-state index in [1.165, 1.54) is 23.0 Å². The summed E-state index contributed by atoms with van der Waals surface area (Å²) in [6.45, 7) is 9.06. The monoisotopic (exact) mass is 630 g/mol. The van der Waals surface area contributed by atoms with Gasteiger partial charge in [-0.15, -0.1) is 0 Å². The van der Waals surface area contributed by atoms with Crippen LogP contribution in [0, 0.1) is 0 Å². The number of amides is 2. The first-order valence-corrected chi connectivity index (χ1v) is 16.6. The first-order valence-electron chi connectivity index (χ1n) is 14.6. The molecule has 2 aromatic carbocycles. The maximum atomic E-state index is 12.5. The minimum atomic E-state index is -2.79. The van der Waals surface area contributed by atoms with Crippen LogP contribution in [0.1, 0.15) is 34.6 Å². The van der Waals surface area contributed by atoms with Gasteiger partial charge in [0.1, 0.15) is 12.1 Å². The van der Waals surface area contributed by atoms with E-state index in [1.54, 1.807) is 49.1 Å². The van der Waals surface area contributed by atoms with Gasteiger partial charge < -0.3 is 20.2 Å². The number of carbonyl (C=O) groups excluding carboxylic acids is 4. The fourth-order valence-electron chi connectivity index (χ4n) is 4.89. The number of aromatic nitrogens is 2. The molecule has 4 aromatic rings. The van der Waals surface area contributed by atoms with Gasteiger partial charge in [0.2, 0.25) is 0 Å². The fraction of sp³-hybridized carbons (Fsp3) is 0.294. The number of ketones is 2. The van der Waals surface area contributed by atoms with Crippen LogP contribution in [0.5, 0.6) is 0 Å². The Hall–Kier alpha value is -4.58. The smallest absolute Gasteiger partial charge is 0.326 e. The highest BCUT2D eigenvalue weighted by Crippen LogP contribution is 2.36. The standard InChI is InChI=1S/C25H30N2O3Si.C9H12N2O3/c1-20(28)23(26-24(29)27-17-11-12-18-27)19-30-31(25(2,3)4,21-13-7-5-8-14-21)22-15-9-6-10-16-22;1-7(13)8(6-12)10-9(14)11-4-2-3-5-11/h5-18,23H,19H2,1-4H3,(H,26,29);2-5,8,12H,6H2,1H3,(H,10,14)/t23-;8-/m00/s1. The lowest BCUT2D eigenvalue weighted by Crippen LogP contribution is -2.67. The van der Waals surface area contributed by atoms with Gasteiger partial charge in [0, 0.05) is 24.8 Å². The molecule has 11 heteroatoms. The van der Waals surface area contributed by atoms with Crippen LogP contribution in [0.3, 0.4) is 0 Å². The number of hydrogen-bond acceptors (Lipinski definition) is 6. The molecule has 45 heavy (non-hydrogen) atoms. The summed E-state index contributed by atoms with van der Waals surface area (Å²) >= 11 is 0. The molecule has 2 amide bonds. The second-order valence-corrected chi connectivity index (χ2v) is 15.9. The number of hydrogen-bond donors (Lipinski definition) is 3. The predicted molar refractivity (Wildman–Crippen MR) is 176 cm³/mol. The molecule has 238 valence electrons. The van der Waals surface area contributed by atoms with Crippen LogP contribution in [-0.4, -0.2) is 71.5 Å². The Morgan fingerprint density at radius 1 is 0.689 bits per heavy atom. The van der Waals surface area contributed by atoms with Gasteiger partial charge in [-0.1, -0.05) is 81.4 Å². The molecule has 0 saturated heterocycles. The molecule has 2 atom stereocenters. The highest BCUT2D eigenvalue weighted by atomic mass is 28.4. The number of rotatable bonds is 10. The minimum Gasteiger partial charge on any atom is -0.405 e. The highest BCUT2D eigenvalue weighted by Gasteiger charge is 2.50. The highest BCUT2D eigenvalue weighted by molar-refractivity contribution is 6.99. The number of aliphatic hydroxyl groups excluding tert-OH is 1. The Morgan fingerprint density at radius 2 is 1.07 bits per heavy atom. The summed E-state index contributed by atoms with van der Waals surface area (Å²) in [6.07, 6.45) is 6.42. The second-order valence-electron chi connectivity index (χ2n) is 11.6. The first kappa shape index (κ1) is 34.9. The Morgan fingerprint density at radius 3 is 1.40 bits per heavy atom. The molecule has 4 rings (SSSR count). The second kappa shape index (κ2) is 15.9. The predicted octanol–water partition coefficient (Wildman–Crippen LogP) is 3.58. The SMILES string of the molecule is CC(=O)[C@H](CO)NC(=O)n1cccc1.CC(=O)[C@H](CO[Si](c1ccccc1)(c1ccccc1)C(C)(C)C)NC(=O)n1cccc1. The summed E-state index contributed by atoms with van der Waals surface area (Å²) < 4.78 is 9.51. The fourth-order valence-corrected chi connectivity index (χ4v) is 9.47. The normalized spacial score (nSPS) is 12.7. The Kier molecular flexibility index (Phi) is 12.4. The molecule has 0 radical (unpaired) electrons. The van der Waals surface area contributed by atoms with Crippen LogP contribution in [0.15, 0.2) is 110 Å². The molecule has 0 saturated carbocycles. The quantitative estimate of drug-likeness (QED) is 0.230. The van der Waals surface area contributed by atoms with E-state index in [-0.39, 0.29) is 35.8 Å². The van der Waals surface area contributed by atoms with Gasteiger partial charge in [0.25, 0.3) is 8.32 Å². The van der Waals surface area contributed by atoms with Crippen molar-refractivity contribution >= 4 is 42.3 Å². The van der Waals surface area contributed by atoms with Gasteiger partial charge in [0.05, 0.1) is 13.2 Å². The lowest BCUT2D eigenvalue weighted by molar-refractivity contribution is -0.120. The Balaban J connectivity index is 0.000000330. The van der Waals surface area contributed by atoms with E-state index < -0.39 is 26.4 Å². The van der Waals surface area contributed by atoms with Crippen LogP contribution in [-0.2, 0) is 14.0 Å². The Labute approximate surface area is 265 Å². The number of nitrogens with one attached hydrogen (secondary N) is 2. The Bertz CT molecular complexity index is 1480. The summed E-state index contributed by atoms with van der Waals surface area (Å²) in [4.78, 5) is 47.2. The van der Waals surface area contributed by atoms with Crippen molar-refractivity contribution in [1.82, 2.24) is 19.8 Å². The van der Waals surface area contributed by atoms with Crippen LogP contribution in [0.2, 0.25) is 5.04 Å². The molecule has 0 aliphatic heterocycles. The van der Waals surface area contributed by atoms with E-state index in [2.05, 4.69) is 55.7 Å². The largest absolute Gasteiger partial charge is 0.405 e. The van der Waals surface area contributed by atoms with Gasteiger partial charge in [-0.2, -0.15) is 0 Å². The molecule has 0 spiro atoms. The van der Waals surface area contributed by atoms with Crippen molar-refractivity contribution < 1.29 is 28.7 Å². The molecule has 0 fully saturated rings. The van der Waals surface area contributed by atoms with E-state index in [1.807, 2.05) is 36.4 Å². The van der Waals surface area contributed by atoms with Gasteiger partial charge in [-0.25, -0.2) is 9.59 Å². The molecule has 10 nitrogen and oxygen atoms in total. The molecule has 0 bridgehead atoms. The number of carbonyl (C=O) groups is 4. The molecule has 3 N–H and O–H groups in total. The molecule has 2 aromatic heterocycles. The van der Waals surface area contributed by atoms with Gasteiger partial charge >= 0.3 is 12.1 Å². The van der Waals surface area contributed by atoms with Gasteiger partial charge in [-0.05, 0) is 53.5 Å². The summed E-state index contributed by atoms with van der Waals surface area (Å²) in [6, 6.07) is 25.0. The maximum absolute atomic E-state index is 12.5. The zero-order valence-electron chi connectivity index (χ0n) is 26.3. The summed E-state index contributed by atoms with van der Waals surface area (Å²) in [5, 5.41) is 16.1. The van der Waals surface area contributed by atoms with Crippen molar-refractivity contribution in [2.24, 2.45) is 0 Å². The third-order valence-electron chi connectivity index (χ3n) is 7.32. The molecule has 0 unspecified atom stereocenters. The summed E-state index contributed by atoms with van der Waals surface area (Å²) in [5.74, 6) is -0.411. The average Bonchev–Trinajstić information content (AvgIpc) is 3.75. The molecule has 0 aliphatic rings.